The topological polar surface area (TPSA) is 190 Å². The number of benzene rings is 2. The predicted molar refractivity (Wildman–Crippen MR) is 219 cm³/mol. The van der Waals surface area contributed by atoms with Gasteiger partial charge in [-0.1, -0.05) is 18.2 Å². The van der Waals surface area contributed by atoms with Crippen molar-refractivity contribution in [1.29, 1.82) is 0 Å². The number of hydrogen-bond donors (Lipinski definition) is 2. The molecule has 2 N–H and O–H groups in total. The number of fused-ring (bicyclic) bond motifs is 3. The van der Waals surface area contributed by atoms with Gasteiger partial charge in [0.15, 0.2) is 17.1 Å². The Hall–Kier alpha value is -6.10. The SMILES string of the molecule is CNc1c(NCCCN2CCc3cc(OC)c(OC)cc3C23CCC(C(=O)N2CCN(c4ncnc5c4cnn5Cc4ccccc4[N+](=O)[O-])CC2)CC3)c(=O)c1=O. The smallest absolute Gasteiger partial charge is 0.274 e. The van der Waals surface area contributed by atoms with E-state index in [-0.39, 0.29) is 29.6 Å². The van der Waals surface area contributed by atoms with E-state index in [2.05, 4.69) is 47.6 Å². The first-order chi connectivity index (χ1) is 28.2. The monoisotopic (exact) mass is 792 g/mol. The van der Waals surface area contributed by atoms with Crippen molar-refractivity contribution in [3.63, 3.8) is 0 Å². The summed E-state index contributed by atoms with van der Waals surface area (Å²) in [6, 6.07) is 10.8. The van der Waals surface area contributed by atoms with Gasteiger partial charge >= 0.3 is 0 Å². The maximum Gasteiger partial charge on any atom is 0.274 e. The number of para-hydroxylation sites is 1. The number of carbonyl (C=O) groups excluding carboxylic acids is 1. The Bertz CT molecular complexity index is 2410. The molecule has 2 aliphatic heterocycles. The highest BCUT2D eigenvalue weighted by atomic mass is 16.6. The second-order valence-electron chi connectivity index (χ2n) is 15.3. The normalized spacial score (nSPS) is 19.7. The molecule has 0 atom stereocenters. The zero-order valence-corrected chi connectivity index (χ0v) is 33.0. The molecule has 0 radical (unpaired) electrons. The zero-order valence-electron chi connectivity index (χ0n) is 33.0. The van der Waals surface area contributed by atoms with Crippen LogP contribution in [0.2, 0.25) is 0 Å². The summed E-state index contributed by atoms with van der Waals surface area (Å²) >= 11 is 0. The van der Waals surface area contributed by atoms with Crippen molar-refractivity contribution in [2.24, 2.45) is 5.92 Å². The molecule has 3 aliphatic rings. The molecule has 1 saturated heterocycles. The number of anilines is 3. The fourth-order valence-electron chi connectivity index (χ4n) is 9.37. The van der Waals surface area contributed by atoms with Gasteiger partial charge in [0.25, 0.3) is 16.5 Å². The molecule has 1 saturated carbocycles. The van der Waals surface area contributed by atoms with E-state index in [1.54, 1.807) is 50.3 Å². The van der Waals surface area contributed by atoms with Crippen LogP contribution in [0.25, 0.3) is 11.0 Å². The van der Waals surface area contributed by atoms with Crippen LogP contribution in [0.3, 0.4) is 0 Å². The first-order valence-corrected chi connectivity index (χ1v) is 19.8. The first-order valence-electron chi connectivity index (χ1n) is 19.8. The second-order valence-corrected chi connectivity index (χ2v) is 15.3. The average Bonchev–Trinajstić information content (AvgIpc) is 3.67. The van der Waals surface area contributed by atoms with E-state index >= 15 is 0 Å². The summed E-state index contributed by atoms with van der Waals surface area (Å²) in [7, 11) is 4.95. The van der Waals surface area contributed by atoms with Crippen LogP contribution in [-0.4, -0.2) is 107 Å². The Morgan fingerprint density at radius 3 is 2.43 bits per heavy atom. The number of nitrogens with one attached hydrogen (secondary N) is 2. The number of nitro benzene ring substituents is 1. The van der Waals surface area contributed by atoms with Crippen LogP contribution >= 0.6 is 0 Å². The highest BCUT2D eigenvalue weighted by Gasteiger charge is 2.47. The van der Waals surface area contributed by atoms with Crippen molar-refractivity contribution in [3.05, 3.63) is 96.2 Å². The Labute approximate surface area is 334 Å². The molecule has 2 fully saturated rings. The van der Waals surface area contributed by atoms with Crippen molar-refractivity contribution < 1.29 is 19.2 Å². The van der Waals surface area contributed by atoms with Crippen molar-refractivity contribution in [1.82, 2.24) is 29.5 Å². The molecule has 58 heavy (non-hydrogen) atoms. The van der Waals surface area contributed by atoms with Gasteiger partial charge in [0.2, 0.25) is 5.91 Å². The van der Waals surface area contributed by atoms with E-state index in [1.165, 1.54) is 23.5 Å². The van der Waals surface area contributed by atoms with E-state index in [0.717, 1.165) is 62.8 Å². The molecular formula is C41H48N10O7. The molecule has 5 aromatic rings. The van der Waals surface area contributed by atoms with Crippen molar-refractivity contribution in [3.8, 4) is 11.5 Å². The lowest BCUT2D eigenvalue weighted by molar-refractivity contribution is -0.385. The lowest BCUT2D eigenvalue weighted by atomic mass is 9.68. The lowest BCUT2D eigenvalue weighted by Crippen LogP contribution is -2.55. The molecule has 17 nitrogen and oxygen atoms in total. The fraction of sp³-hybridized carbons (Fsp3) is 0.463. The highest BCUT2D eigenvalue weighted by molar-refractivity contribution is 5.87. The molecule has 8 rings (SSSR count). The summed E-state index contributed by atoms with van der Waals surface area (Å²) in [4.78, 5) is 65.1. The number of rotatable bonds is 13. The van der Waals surface area contributed by atoms with Crippen LogP contribution in [0.1, 0.15) is 48.8 Å². The summed E-state index contributed by atoms with van der Waals surface area (Å²) in [6.07, 6.45) is 7.96. The molecule has 0 unspecified atom stereocenters. The number of aromatic nitrogens is 4. The number of amides is 1. The van der Waals surface area contributed by atoms with Gasteiger partial charge in [-0.25, -0.2) is 14.6 Å². The van der Waals surface area contributed by atoms with Crippen molar-refractivity contribution in [2.45, 2.75) is 50.6 Å². The minimum atomic E-state index is -0.484. The molecule has 1 spiro atoms. The Morgan fingerprint density at radius 1 is 0.983 bits per heavy atom. The molecule has 3 aromatic carbocycles. The van der Waals surface area contributed by atoms with Gasteiger partial charge in [-0.05, 0) is 61.8 Å². The standard InChI is InChI=1S/C41H48N10O7/c1-42-34-35(37(53)36(34)52)43-14-6-15-49-16-11-27-21-32(57-2)33(58-3)22-30(27)41(49)12-9-26(10-13-41)40(54)48-19-17-47(18-20-48)38-29-23-46-50(39(29)45-25-44-38)24-28-7-4-5-8-31(28)51(55)56/h4-5,7-8,21-23,25-26,42-43H,6,9-20,24H2,1-3H3. The van der Waals surface area contributed by atoms with Gasteiger partial charge in [0, 0.05) is 70.4 Å². The van der Waals surface area contributed by atoms with E-state index in [0.29, 0.717) is 66.8 Å². The minimum Gasteiger partial charge on any atom is -0.493 e. The molecule has 0 bridgehead atoms. The second kappa shape index (κ2) is 16.0. The van der Waals surface area contributed by atoms with Crippen LogP contribution in [0, 0.1) is 16.0 Å². The number of carbonyl (C=O) groups is 1. The third-order valence-corrected chi connectivity index (χ3v) is 12.4. The van der Waals surface area contributed by atoms with Crippen LogP contribution in [0.4, 0.5) is 22.9 Å². The Balaban J connectivity index is 0.931. The zero-order chi connectivity index (χ0) is 40.6. The van der Waals surface area contributed by atoms with E-state index in [4.69, 9.17) is 9.47 Å². The maximum atomic E-state index is 14.2. The van der Waals surface area contributed by atoms with E-state index < -0.39 is 15.8 Å². The van der Waals surface area contributed by atoms with Crippen LogP contribution in [0.5, 0.6) is 11.5 Å². The summed E-state index contributed by atoms with van der Waals surface area (Å²) in [5, 5.41) is 22.9. The molecule has 1 amide bonds. The van der Waals surface area contributed by atoms with Crippen LogP contribution in [-0.2, 0) is 23.3 Å². The number of piperazine rings is 1. The number of methoxy groups -OCH3 is 2. The van der Waals surface area contributed by atoms with Crippen molar-refractivity contribution >= 4 is 39.8 Å². The average molecular weight is 793 g/mol. The number of ether oxygens (including phenoxy) is 2. The summed E-state index contributed by atoms with van der Waals surface area (Å²) in [6.45, 7) is 4.73. The lowest BCUT2D eigenvalue weighted by Gasteiger charge is -2.52. The Morgan fingerprint density at radius 2 is 1.71 bits per heavy atom. The van der Waals surface area contributed by atoms with Crippen LogP contribution < -0.4 is 35.9 Å². The highest BCUT2D eigenvalue weighted by Crippen LogP contribution is 2.50. The molecule has 4 heterocycles. The first kappa shape index (κ1) is 38.8. The van der Waals surface area contributed by atoms with Gasteiger partial charge in [-0.2, -0.15) is 5.10 Å². The number of nitrogens with zero attached hydrogens (tertiary/aromatic N) is 8. The molecule has 2 aromatic heterocycles. The third kappa shape index (κ3) is 6.86. The third-order valence-electron chi connectivity index (χ3n) is 12.4. The quantitative estimate of drug-likeness (QED) is 0.0762. The van der Waals surface area contributed by atoms with Crippen LogP contribution in [0.15, 0.2) is 58.5 Å². The molecular weight excluding hydrogens is 745 g/mol. The minimum absolute atomic E-state index is 0.0325. The largest absolute Gasteiger partial charge is 0.493 e. The predicted octanol–water partition coefficient (Wildman–Crippen LogP) is 3.53. The van der Waals surface area contributed by atoms with E-state index in [9.17, 15) is 24.5 Å². The van der Waals surface area contributed by atoms with Gasteiger partial charge in [0.1, 0.15) is 23.5 Å². The fourth-order valence-corrected chi connectivity index (χ4v) is 9.37. The van der Waals surface area contributed by atoms with Gasteiger partial charge in [-0.3, -0.25) is 29.4 Å². The maximum absolute atomic E-state index is 14.2. The summed E-state index contributed by atoms with van der Waals surface area (Å²) in [5.74, 6) is 2.22. The molecule has 304 valence electrons. The Kier molecular flexibility index (Phi) is 10.7. The number of hydrogen-bond acceptors (Lipinski definition) is 14. The van der Waals surface area contributed by atoms with Gasteiger partial charge < -0.3 is 29.9 Å². The van der Waals surface area contributed by atoms with Gasteiger partial charge in [-0.15, -0.1) is 0 Å². The van der Waals surface area contributed by atoms with E-state index in [1.807, 2.05) is 4.90 Å². The summed E-state index contributed by atoms with van der Waals surface area (Å²) in [5.41, 5.74) is 3.08. The summed E-state index contributed by atoms with van der Waals surface area (Å²) < 4.78 is 13.1. The van der Waals surface area contributed by atoms with Crippen molar-refractivity contribution in [2.75, 3.05) is 82.6 Å². The van der Waals surface area contributed by atoms with Gasteiger partial charge in [0.05, 0.1) is 42.8 Å². The number of nitro groups is 1. The molecule has 17 heteroatoms. The molecule has 1 aliphatic carbocycles.